The standard InChI is InChI=1S/C17H30N2O3/c1-16(2)8-13(9-17(3,4)19-16)18-10-14(20)11-21-12-15-6-5-7-22-15/h5-7,13-14,18-20H,8-12H2,1-4H3/t14-/m1/s1. The SMILES string of the molecule is CC1(C)CC(NC[C@@H](O)COCc2ccco2)CC(C)(C)N1. The Labute approximate surface area is 133 Å². The van der Waals surface area contributed by atoms with E-state index in [2.05, 4.69) is 38.3 Å². The fraction of sp³-hybridized carbons (Fsp3) is 0.765. The quantitative estimate of drug-likeness (QED) is 0.719. The molecule has 5 nitrogen and oxygen atoms in total. The van der Waals surface area contributed by atoms with Gasteiger partial charge in [0.2, 0.25) is 0 Å². The van der Waals surface area contributed by atoms with Crippen LogP contribution in [0.5, 0.6) is 0 Å². The van der Waals surface area contributed by atoms with Gasteiger partial charge in [-0.3, -0.25) is 0 Å². The van der Waals surface area contributed by atoms with Gasteiger partial charge in [-0.2, -0.15) is 0 Å². The second kappa shape index (κ2) is 7.13. The molecule has 0 amide bonds. The van der Waals surface area contributed by atoms with Crippen LogP contribution in [0.15, 0.2) is 22.8 Å². The number of furan rings is 1. The molecule has 0 saturated carbocycles. The summed E-state index contributed by atoms with van der Waals surface area (Å²) in [6.07, 6.45) is 3.22. The van der Waals surface area contributed by atoms with E-state index < -0.39 is 6.10 Å². The van der Waals surface area contributed by atoms with Crippen LogP contribution < -0.4 is 10.6 Å². The van der Waals surface area contributed by atoms with Gasteiger partial charge in [0.1, 0.15) is 12.4 Å². The molecule has 2 rings (SSSR count). The molecule has 126 valence electrons. The minimum atomic E-state index is -0.504. The first kappa shape index (κ1) is 17.5. The molecule has 5 heteroatoms. The monoisotopic (exact) mass is 310 g/mol. The van der Waals surface area contributed by atoms with Crippen LogP contribution in [0.2, 0.25) is 0 Å². The first-order valence-electron chi connectivity index (χ1n) is 8.07. The highest BCUT2D eigenvalue weighted by molar-refractivity contribution is 4.99. The molecule has 0 radical (unpaired) electrons. The fourth-order valence-corrected chi connectivity index (χ4v) is 3.52. The molecule has 22 heavy (non-hydrogen) atoms. The van der Waals surface area contributed by atoms with Gasteiger partial charge in [0.25, 0.3) is 0 Å². The van der Waals surface area contributed by atoms with E-state index in [1.807, 2.05) is 12.1 Å². The van der Waals surface area contributed by atoms with Crippen LogP contribution in [0.4, 0.5) is 0 Å². The van der Waals surface area contributed by atoms with Gasteiger partial charge in [-0.1, -0.05) is 0 Å². The van der Waals surface area contributed by atoms with Gasteiger partial charge in [-0.05, 0) is 52.7 Å². The lowest BCUT2D eigenvalue weighted by atomic mass is 9.79. The molecule has 0 spiro atoms. The number of rotatable bonds is 7. The van der Waals surface area contributed by atoms with Gasteiger partial charge < -0.3 is 24.9 Å². The highest BCUT2D eigenvalue weighted by Crippen LogP contribution is 2.28. The Morgan fingerprint density at radius 1 is 1.36 bits per heavy atom. The number of aliphatic hydroxyl groups is 1. The first-order chi connectivity index (χ1) is 10.3. The van der Waals surface area contributed by atoms with Gasteiger partial charge in [0.05, 0.1) is 19.0 Å². The van der Waals surface area contributed by atoms with E-state index in [1.165, 1.54) is 0 Å². The largest absolute Gasteiger partial charge is 0.467 e. The molecule has 1 aromatic heterocycles. The van der Waals surface area contributed by atoms with E-state index in [1.54, 1.807) is 6.26 Å². The van der Waals surface area contributed by atoms with Crippen molar-refractivity contribution in [2.45, 2.75) is 70.4 Å². The van der Waals surface area contributed by atoms with Crippen LogP contribution >= 0.6 is 0 Å². The average Bonchev–Trinajstić information content (AvgIpc) is 2.86. The third-order valence-electron chi connectivity index (χ3n) is 3.97. The van der Waals surface area contributed by atoms with E-state index in [4.69, 9.17) is 9.15 Å². The molecular formula is C17H30N2O3. The Bertz CT molecular complexity index is 427. The van der Waals surface area contributed by atoms with Crippen molar-refractivity contribution in [1.82, 2.24) is 10.6 Å². The Morgan fingerprint density at radius 3 is 2.64 bits per heavy atom. The molecule has 1 aliphatic rings. The van der Waals surface area contributed by atoms with Gasteiger partial charge in [0.15, 0.2) is 0 Å². The van der Waals surface area contributed by atoms with E-state index in [-0.39, 0.29) is 11.1 Å². The number of piperidine rings is 1. The van der Waals surface area contributed by atoms with Gasteiger partial charge in [-0.25, -0.2) is 0 Å². The molecule has 1 aliphatic heterocycles. The summed E-state index contributed by atoms with van der Waals surface area (Å²) >= 11 is 0. The number of hydrogen-bond donors (Lipinski definition) is 3. The molecule has 1 fully saturated rings. The van der Waals surface area contributed by atoms with Gasteiger partial charge >= 0.3 is 0 Å². The summed E-state index contributed by atoms with van der Waals surface area (Å²) in [5, 5.41) is 17.2. The van der Waals surface area contributed by atoms with Crippen LogP contribution in [0, 0.1) is 0 Å². The van der Waals surface area contributed by atoms with Crippen molar-refractivity contribution in [1.29, 1.82) is 0 Å². The zero-order valence-corrected chi connectivity index (χ0v) is 14.2. The molecule has 0 bridgehead atoms. The summed E-state index contributed by atoms with van der Waals surface area (Å²) in [4.78, 5) is 0. The minimum Gasteiger partial charge on any atom is -0.467 e. The summed E-state index contributed by atoms with van der Waals surface area (Å²) in [6.45, 7) is 10.2. The van der Waals surface area contributed by atoms with Crippen molar-refractivity contribution in [2.75, 3.05) is 13.2 Å². The Balaban J connectivity index is 1.68. The van der Waals surface area contributed by atoms with Crippen molar-refractivity contribution >= 4 is 0 Å². The highest BCUT2D eigenvalue weighted by atomic mass is 16.5. The van der Waals surface area contributed by atoms with Crippen molar-refractivity contribution in [3.05, 3.63) is 24.2 Å². The van der Waals surface area contributed by atoms with Crippen molar-refractivity contribution in [2.24, 2.45) is 0 Å². The van der Waals surface area contributed by atoms with Gasteiger partial charge in [0, 0.05) is 23.7 Å². The molecule has 0 aromatic carbocycles. The lowest BCUT2D eigenvalue weighted by Gasteiger charge is -2.47. The topological polar surface area (TPSA) is 66.7 Å². The maximum Gasteiger partial charge on any atom is 0.129 e. The predicted molar refractivity (Wildman–Crippen MR) is 86.7 cm³/mol. The fourth-order valence-electron chi connectivity index (χ4n) is 3.52. The van der Waals surface area contributed by atoms with Crippen LogP contribution in [-0.4, -0.2) is 41.5 Å². The number of ether oxygens (including phenoxy) is 1. The van der Waals surface area contributed by atoms with Crippen LogP contribution in [0.3, 0.4) is 0 Å². The summed E-state index contributed by atoms with van der Waals surface area (Å²) in [6, 6.07) is 4.10. The maximum absolute atomic E-state index is 10.0. The molecule has 0 aliphatic carbocycles. The molecule has 1 aromatic rings. The predicted octanol–water partition coefficient (Wildman–Crippen LogP) is 2.06. The highest BCUT2D eigenvalue weighted by Gasteiger charge is 2.37. The summed E-state index contributed by atoms with van der Waals surface area (Å²) in [7, 11) is 0. The lowest BCUT2D eigenvalue weighted by molar-refractivity contribution is 0.0190. The van der Waals surface area contributed by atoms with Crippen LogP contribution in [0.1, 0.15) is 46.3 Å². The first-order valence-corrected chi connectivity index (χ1v) is 8.07. The molecular weight excluding hydrogens is 280 g/mol. The van der Waals surface area contributed by atoms with E-state index in [0.717, 1.165) is 18.6 Å². The molecule has 1 saturated heterocycles. The van der Waals surface area contributed by atoms with E-state index in [0.29, 0.717) is 25.8 Å². The summed E-state index contributed by atoms with van der Waals surface area (Å²) in [5.74, 6) is 0.780. The summed E-state index contributed by atoms with van der Waals surface area (Å²) < 4.78 is 10.7. The minimum absolute atomic E-state index is 0.111. The molecule has 2 heterocycles. The third kappa shape index (κ3) is 5.72. The van der Waals surface area contributed by atoms with Crippen LogP contribution in [0.25, 0.3) is 0 Å². The van der Waals surface area contributed by atoms with E-state index >= 15 is 0 Å². The number of nitrogens with one attached hydrogen (secondary N) is 2. The maximum atomic E-state index is 10.0. The number of aliphatic hydroxyl groups excluding tert-OH is 1. The number of hydrogen-bond acceptors (Lipinski definition) is 5. The van der Waals surface area contributed by atoms with E-state index in [9.17, 15) is 5.11 Å². The second-order valence-corrected chi connectivity index (χ2v) is 7.65. The molecule has 0 unspecified atom stereocenters. The van der Waals surface area contributed by atoms with Crippen molar-refractivity contribution in [3.8, 4) is 0 Å². The molecule has 1 atom stereocenters. The second-order valence-electron chi connectivity index (χ2n) is 7.65. The zero-order chi connectivity index (χ0) is 16.2. The van der Waals surface area contributed by atoms with Crippen LogP contribution in [-0.2, 0) is 11.3 Å². The Morgan fingerprint density at radius 2 is 2.05 bits per heavy atom. The molecule has 3 N–H and O–H groups in total. The van der Waals surface area contributed by atoms with Crippen molar-refractivity contribution in [3.63, 3.8) is 0 Å². The summed E-state index contributed by atoms with van der Waals surface area (Å²) in [5.41, 5.74) is 0.223. The normalized spacial score (nSPS) is 22.6. The van der Waals surface area contributed by atoms with Crippen molar-refractivity contribution < 1.29 is 14.3 Å². The van der Waals surface area contributed by atoms with Gasteiger partial charge in [-0.15, -0.1) is 0 Å². The zero-order valence-electron chi connectivity index (χ0n) is 14.2. The lowest BCUT2D eigenvalue weighted by Crippen LogP contribution is -2.62. The Kier molecular flexibility index (Phi) is 5.66. The average molecular weight is 310 g/mol. The Hall–Kier alpha value is -0.880. The smallest absolute Gasteiger partial charge is 0.129 e. The third-order valence-corrected chi connectivity index (χ3v) is 3.97.